The lowest BCUT2D eigenvalue weighted by atomic mass is 9.52. The summed E-state index contributed by atoms with van der Waals surface area (Å²) in [4.78, 5) is 27.0. The second kappa shape index (κ2) is 3.40. The van der Waals surface area contributed by atoms with E-state index < -0.39 is 0 Å². The van der Waals surface area contributed by atoms with Gasteiger partial charge in [-0.1, -0.05) is 0 Å². The van der Waals surface area contributed by atoms with Gasteiger partial charge in [0.05, 0.1) is 11.0 Å². The molecular formula is C16H22N2O2. The number of carbonyl (C=O) groups excluding carboxylic acids is 2. The van der Waals surface area contributed by atoms with E-state index in [1.807, 2.05) is 0 Å². The van der Waals surface area contributed by atoms with Crippen molar-refractivity contribution in [2.45, 2.75) is 56.9 Å². The molecule has 0 unspecified atom stereocenters. The Morgan fingerprint density at radius 3 is 2.00 bits per heavy atom. The van der Waals surface area contributed by atoms with E-state index in [9.17, 15) is 9.59 Å². The Morgan fingerprint density at radius 2 is 1.50 bits per heavy atom. The molecule has 6 rings (SSSR count). The quantitative estimate of drug-likeness (QED) is 0.797. The molecule has 1 N–H and O–H groups in total. The summed E-state index contributed by atoms with van der Waals surface area (Å²) >= 11 is 0. The van der Waals surface area contributed by atoms with Crippen LogP contribution in [0.15, 0.2) is 0 Å². The van der Waals surface area contributed by atoms with Gasteiger partial charge in [0.2, 0.25) is 5.91 Å². The Morgan fingerprint density at radius 1 is 0.950 bits per heavy atom. The van der Waals surface area contributed by atoms with Gasteiger partial charge in [0.15, 0.2) is 0 Å². The van der Waals surface area contributed by atoms with E-state index in [-0.39, 0.29) is 22.9 Å². The van der Waals surface area contributed by atoms with Crippen molar-refractivity contribution in [2.24, 2.45) is 23.2 Å². The summed E-state index contributed by atoms with van der Waals surface area (Å²) in [6.45, 7) is 0.577. The van der Waals surface area contributed by atoms with Gasteiger partial charge in [-0.2, -0.15) is 0 Å². The van der Waals surface area contributed by atoms with Gasteiger partial charge >= 0.3 is 6.03 Å². The first-order valence-corrected chi connectivity index (χ1v) is 8.23. The minimum absolute atomic E-state index is 0.102. The molecule has 3 amide bonds. The highest BCUT2D eigenvalue weighted by Gasteiger charge is 2.63. The summed E-state index contributed by atoms with van der Waals surface area (Å²) in [5, 5.41) is 3.01. The third kappa shape index (κ3) is 1.33. The SMILES string of the molecule is O=C1NCC2(CC2)C(=O)N1C12CC3CC(CC(C3)C1)C2. The average molecular weight is 274 g/mol. The zero-order valence-corrected chi connectivity index (χ0v) is 11.9. The number of imide groups is 1. The normalized spacial score (nSPS) is 47.8. The molecule has 0 aromatic heterocycles. The number of urea groups is 1. The van der Waals surface area contributed by atoms with Crippen LogP contribution in [0.4, 0.5) is 4.79 Å². The van der Waals surface area contributed by atoms with Crippen LogP contribution in [0.3, 0.4) is 0 Å². The third-order valence-corrected chi connectivity index (χ3v) is 6.77. The van der Waals surface area contributed by atoms with Crippen LogP contribution in [0.5, 0.6) is 0 Å². The zero-order valence-electron chi connectivity index (χ0n) is 11.9. The highest BCUT2D eigenvalue weighted by molar-refractivity contribution is 6.02. The molecule has 1 spiro atoms. The number of hydrogen-bond donors (Lipinski definition) is 1. The van der Waals surface area contributed by atoms with Crippen LogP contribution >= 0.6 is 0 Å². The van der Waals surface area contributed by atoms with Crippen molar-refractivity contribution < 1.29 is 9.59 Å². The number of amides is 3. The fraction of sp³-hybridized carbons (Fsp3) is 0.875. The molecule has 0 atom stereocenters. The van der Waals surface area contributed by atoms with E-state index >= 15 is 0 Å². The van der Waals surface area contributed by atoms with Gasteiger partial charge in [-0.05, 0) is 69.1 Å². The van der Waals surface area contributed by atoms with Gasteiger partial charge in [-0.15, -0.1) is 0 Å². The summed E-state index contributed by atoms with van der Waals surface area (Å²) in [5.41, 5.74) is -0.330. The molecule has 0 aromatic rings. The summed E-state index contributed by atoms with van der Waals surface area (Å²) in [6, 6.07) is -0.102. The van der Waals surface area contributed by atoms with Crippen LogP contribution in [0.25, 0.3) is 0 Å². The van der Waals surface area contributed by atoms with E-state index in [0.29, 0.717) is 6.54 Å². The van der Waals surface area contributed by atoms with Gasteiger partial charge in [-0.25, -0.2) is 4.79 Å². The number of nitrogens with zero attached hydrogens (tertiary/aromatic N) is 1. The molecule has 0 radical (unpaired) electrons. The summed E-state index contributed by atoms with van der Waals surface area (Å²) in [6.07, 6.45) is 9.19. The lowest BCUT2D eigenvalue weighted by Crippen LogP contribution is -2.69. The van der Waals surface area contributed by atoms with Crippen LogP contribution in [0, 0.1) is 23.2 Å². The second-order valence-electron chi connectivity index (χ2n) is 8.22. The van der Waals surface area contributed by atoms with E-state index in [2.05, 4.69) is 5.32 Å². The van der Waals surface area contributed by atoms with Gasteiger partial charge in [0, 0.05) is 6.54 Å². The monoisotopic (exact) mass is 274 g/mol. The minimum Gasteiger partial charge on any atom is -0.337 e. The first kappa shape index (κ1) is 11.6. The lowest BCUT2D eigenvalue weighted by molar-refractivity contribution is -0.151. The Labute approximate surface area is 119 Å². The maximum absolute atomic E-state index is 12.9. The molecule has 5 saturated carbocycles. The predicted molar refractivity (Wildman–Crippen MR) is 72.8 cm³/mol. The molecule has 20 heavy (non-hydrogen) atoms. The molecule has 4 heteroatoms. The van der Waals surface area contributed by atoms with Gasteiger partial charge in [-0.3, -0.25) is 9.69 Å². The zero-order chi connectivity index (χ0) is 13.5. The smallest absolute Gasteiger partial charge is 0.324 e. The molecule has 4 nitrogen and oxygen atoms in total. The Kier molecular flexibility index (Phi) is 1.97. The van der Waals surface area contributed by atoms with Crippen molar-refractivity contribution in [3.8, 4) is 0 Å². The molecule has 1 aliphatic heterocycles. The number of rotatable bonds is 1. The summed E-state index contributed by atoms with van der Waals surface area (Å²) < 4.78 is 0. The number of nitrogens with one attached hydrogen (secondary N) is 1. The van der Waals surface area contributed by atoms with Crippen molar-refractivity contribution in [1.82, 2.24) is 10.2 Å². The Hall–Kier alpha value is -1.06. The minimum atomic E-state index is -0.211. The standard InChI is InChI=1S/C16H22N2O2/c19-13-15(1-2-15)9-17-14(20)18(13)16-6-10-3-11(7-16)5-12(4-10)8-16/h10-12H,1-9H2,(H,17,20). The van der Waals surface area contributed by atoms with Crippen molar-refractivity contribution in [1.29, 1.82) is 0 Å². The number of carbonyl (C=O) groups is 2. The maximum atomic E-state index is 12.9. The fourth-order valence-corrected chi connectivity index (χ4v) is 6.04. The summed E-state index contributed by atoms with van der Waals surface area (Å²) in [7, 11) is 0. The van der Waals surface area contributed by atoms with E-state index in [0.717, 1.165) is 49.9 Å². The number of hydrogen-bond acceptors (Lipinski definition) is 2. The van der Waals surface area contributed by atoms with Crippen molar-refractivity contribution in [2.75, 3.05) is 6.54 Å². The topological polar surface area (TPSA) is 49.4 Å². The first-order chi connectivity index (χ1) is 9.60. The molecule has 4 bridgehead atoms. The van der Waals surface area contributed by atoms with Crippen LogP contribution < -0.4 is 5.32 Å². The molecule has 0 aromatic carbocycles. The molecule has 6 fully saturated rings. The van der Waals surface area contributed by atoms with Crippen molar-refractivity contribution in [3.63, 3.8) is 0 Å². The van der Waals surface area contributed by atoms with Crippen LogP contribution in [-0.2, 0) is 4.79 Å². The highest BCUT2D eigenvalue weighted by atomic mass is 16.2. The lowest BCUT2D eigenvalue weighted by Gasteiger charge is -2.60. The van der Waals surface area contributed by atoms with Crippen LogP contribution in [0.1, 0.15) is 51.4 Å². The van der Waals surface area contributed by atoms with E-state index in [4.69, 9.17) is 0 Å². The Bertz CT molecular complexity index is 473. The van der Waals surface area contributed by atoms with Crippen LogP contribution in [0.2, 0.25) is 0 Å². The molecule has 5 aliphatic carbocycles. The predicted octanol–water partition coefficient (Wildman–Crippen LogP) is 2.29. The van der Waals surface area contributed by atoms with Crippen molar-refractivity contribution in [3.05, 3.63) is 0 Å². The maximum Gasteiger partial charge on any atom is 0.324 e. The average Bonchev–Trinajstić information content (AvgIpc) is 3.14. The molecule has 1 saturated heterocycles. The summed E-state index contributed by atoms with van der Waals surface area (Å²) in [5.74, 6) is 2.44. The largest absolute Gasteiger partial charge is 0.337 e. The van der Waals surface area contributed by atoms with Crippen molar-refractivity contribution >= 4 is 11.9 Å². The second-order valence-corrected chi connectivity index (χ2v) is 8.22. The molecule has 1 heterocycles. The first-order valence-electron chi connectivity index (χ1n) is 8.23. The third-order valence-electron chi connectivity index (χ3n) is 6.77. The van der Waals surface area contributed by atoms with Crippen LogP contribution in [-0.4, -0.2) is 28.9 Å². The van der Waals surface area contributed by atoms with Gasteiger partial charge in [0.1, 0.15) is 0 Å². The van der Waals surface area contributed by atoms with E-state index in [1.165, 1.54) is 19.3 Å². The molecule has 108 valence electrons. The van der Waals surface area contributed by atoms with Gasteiger partial charge in [0.25, 0.3) is 0 Å². The fourth-order valence-electron chi connectivity index (χ4n) is 6.04. The highest BCUT2D eigenvalue weighted by Crippen LogP contribution is 2.60. The molecular weight excluding hydrogens is 252 g/mol. The van der Waals surface area contributed by atoms with Gasteiger partial charge < -0.3 is 5.32 Å². The Balaban J connectivity index is 1.54. The van der Waals surface area contributed by atoms with E-state index in [1.54, 1.807) is 4.90 Å². The molecule has 6 aliphatic rings.